The lowest BCUT2D eigenvalue weighted by Crippen LogP contribution is -2.52. The van der Waals surface area contributed by atoms with Gasteiger partial charge in [0.25, 0.3) is 0 Å². The van der Waals surface area contributed by atoms with Gasteiger partial charge in [0.1, 0.15) is 0 Å². The topological polar surface area (TPSA) is 48.7 Å². The van der Waals surface area contributed by atoms with Crippen LogP contribution < -0.4 is 10.2 Å². The minimum atomic E-state index is 0.756. The van der Waals surface area contributed by atoms with Gasteiger partial charge in [-0.25, -0.2) is 9.50 Å². The third kappa shape index (κ3) is 3.38. The first-order chi connectivity index (χ1) is 13.8. The highest BCUT2D eigenvalue weighted by molar-refractivity contribution is 5.77. The predicted molar refractivity (Wildman–Crippen MR) is 113 cm³/mol. The first kappa shape index (κ1) is 17.6. The van der Waals surface area contributed by atoms with Crippen LogP contribution in [0, 0.1) is 6.92 Å². The van der Waals surface area contributed by atoms with Gasteiger partial charge in [0.15, 0.2) is 5.65 Å². The molecule has 28 heavy (non-hydrogen) atoms. The van der Waals surface area contributed by atoms with Crippen LogP contribution in [0.15, 0.2) is 42.9 Å². The lowest BCUT2D eigenvalue weighted by atomic mass is 10.0. The Morgan fingerprint density at radius 2 is 1.86 bits per heavy atom. The summed E-state index contributed by atoms with van der Waals surface area (Å²) < 4.78 is 1.92. The molecule has 2 fully saturated rings. The van der Waals surface area contributed by atoms with Gasteiger partial charge < -0.3 is 10.2 Å². The first-order valence-electron chi connectivity index (χ1n) is 10.4. The summed E-state index contributed by atoms with van der Waals surface area (Å²) in [6, 6.07) is 9.27. The molecule has 3 aromatic rings. The predicted octanol–water partition coefficient (Wildman–Crippen LogP) is 2.58. The van der Waals surface area contributed by atoms with Crippen molar-refractivity contribution in [3.05, 3.63) is 48.4 Å². The number of piperidine rings is 1. The van der Waals surface area contributed by atoms with Crippen LogP contribution in [0.4, 0.5) is 5.69 Å². The fourth-order valence-electron chi connectivity index (χ4n) is 4.56. The average molecular weight is 377 g/mol. The van der Waals surface area contributed by atoms with Gasteiger partial charge in [-0.1, -0.05) is 29.8 Å². The minimum absolute atomic E-state index is 0.756. The summed E-state index contributed by atoms with van der Waals surface area (Å²) in [5.41, 5.74) is 5.59. The standard InChI is InChI=1S/C22H28N6/c1-17-3-2-4-18(13-17)21-15-25-28-16-20(14-24-22(21)28)27-11-9-26(10-12-27)19-5-7-23-8-6-19/h2-4,13-16,19,23H,5-12H2,1H3. The molecule has 4 heterocycles. The highest BCUT2D eigenvalue weighted by Crippen LogP contribution is 2.26. The second-order valence-corrected chi connectivity index (χ2v) is 8.01. The second kappa shape index (κ2) is 7.53. The molecule has 2 saturated heterocycles. The number of fused-ring (bicyclic) bond motifs is 1. The molecular weight excluding hydrogens is 348 g/mol. The Morgan fingerprint density at radius 3 is 2.64 bits per heavy atom. The molecular formula is C22H28N6. The first-order valence-corrected chi connectivity index (χ1v) is 10.4. The summed E-state index contributed by atoms with van der Waals surface area (Å²) in [5, 5.41) is 8.05. The van der Waals surface area contributed by atoms with Crippen LogP contribution in [0.25, 0.3) is 16.8 Å². The molecule has 0 radical (unpaired) electrons. The molecule has 2 aliphatic heterocycles. The monoisotopic (exact) mass is 376 g/mol. The minimum Gasteiger partial charge on any atom is -0.366 e. The van der Waals surface area contributed by atoms with Crippen LogP contribution in [0.3, 0.4) is 0 Å². The van der Waals surface area contributed by atoms with Crippen LogP contribution in [0.1, 0.15) is 18.4 Å². The van der Waals surface area contributed by atoms with Crippen molar-refractivity contribution in [2.24, 2.45) is 0 Å². The fourth-order valence-corrected chi connectivity index (χ4v) is 4.56. The van der Waals surface area contributed by atoms with Crippen LogP contribution in [0.5, 0.6) is 0 Å². The number of rotatable bonds is 3. The average Bonchev–Trinajstić information content (AvgIpc) is 3.18. The lowest BCUT2D eigenvalue weighted by Gasteiger charge is -2.41. The number of piperazine rings is 1. The SMILES string of the molecule is Cc1cccc(-c2cnn3cc(N4CCN(C5CCNCC5)CC4)cnc23)c1. The Balaban J connectivity index is 1.32. The number of aryl methyl sites for hydroxylation is 1. The van der Waals surface area contributed by atoms with E-state index in [1.165, 1.54) is 24.0 Å². The molecule has 0 spiro atoms. The van der Waals surface area contributed by atoms with E-state index >= 15 is 0 Å². The summed E-state index contributed by atoms with van der Waals surface area (Å²) in [6.45, 7) is 8.82. The lowest BCUT2D eigenvalue weighted by molar-refractivity contribution is 0.153. The van der Waals surface area contributed by atoms with E-state index in [-0.39, 0.29) is 0 Å². The highest BCUT2D eigenvalue weighted by atomic mass is 15.3. The third-order valence-corrected chi connectivity index (χ3v) is 6.18. The third-order valence-electron chi connectivity index (χ3n) is 6.18. The van der Waals surface area contributed by atoms with E-state index < -0.39 is 0 Å². The van der Waals surface area contributed by atoms with Crippen LogP contribution >= 0.6 is 0 Å². The van der Waals surface area contributed by atoms with Crippen molar-refractivity contribution in [2.45, 2.75) is 25.8 Å². The molecule has 1 N–H and O–H groups in total. The zero-order valence-corrected chi connectivity index (χ0v) is 16.5. The quantitative estimate of drug-likeness (QED) is 0.761. The molecule has 0 atom stereocenters. The molecule has 0 unspecified atom stereocenters. The van der Waals surface area contributed by atoms with Gasteiger partial charge in [-0.15, -0.1) is 0 Å². The summed E-state index contributed by atoms with van der Waals surface area (Å²) in [7, 11) is 0. The molecule has 0 saturated carbocycles. The molecule has 0 aliphatic carbocycles. The van der Waals surface area contributed by atoms with Crippen molar-refractivity contribution in [3.63, 3.8) is 0 Å². The second-order valence-electron chi connectivity index (χ2n) is 8.01. The van der Waals surface area contributed by atoms with Gasteiger partial charge in [0.05, 0.1) is 24.3 Å². The number of hydrogen-bond donors (Lipinski definition) is 1. The maximum absolute atomic E-state index is 4.77. The van der Waals surface area contributed by atoms with Crippen molar-refractivity contribution >= 4 is 11.3 Å². The van der Waals surface area contributed by atoms with Gasteiger partial charge in [-0.2, -0.15) is 5.10 Å². The Hall–Kier alpha value is -2.44. The number of hydrogen-bond acceptors (Lipinski definition) is 5. The molecule has 146 valence electrons. The van der Waals surface area contributed by atoms with Crippen LogP contribution in [0.2, 0.25) is 0 Å². The maximum atomic E-state index is 4.77. The molecule has 2 aliphatic rings. The fraction of sp³-hybridized carbons (Fsp3) is 0.455. The molecule has 6 heteroatoms. The van der Waals surface area contributed by atoms with E-state index in [9.17, 15) is 0 Å². The van der Waals surface area contributed by atoms with E-state index in [1.807, 2.05) is 16.9 Å². The Bertz CT molecular complexity index is 951. The molecule has 5 rings (SSSR count). The molecule has 1 aromatic carbocycles. The zero-order chi connectivity index (χ0) is 18.9. The number of nitrogens with zero attached hydrogens (tertiary/aromatic N) is 5. The number of benzene rings is 1. The Kier molecular flexibility index (Phi) is 4.74. The van der Waals surface area contributed by atoms with E-state index in [4.69, 9.17) is 4.98 Å². The number of anilines is 1. The smallest absolute Gasteiger partial charge is 0.162 e. The summed E-state index contributed by atoms with van der Waals surface area (Å²) in [4.78, 5) is 9.88. The van der Waals surface area contributed by atoms with E-state index in [0.29, 0.717) is 0 Å². The van der Waals surface area contributed by atoms with E-state index in [0.717, 1.165) is 62.2 Å². The van der Waals surface area contributed by atoms with Gasteiger partial charge in [-0.05, 0) is 38.4 Å². The molecule has 0 bridgehead atoms. The van der Waals surface area contributed by atoms with Gasteiger partial charge in [0, 0.05) is 37.8 Å². The Morgan fingerprint density at radius 1 is 1.04 bits per heavy atom. The van der Waals surface area contributed by atoms with E-state index in [2.05, 4.69) is 57.6 Å². The molecule has 0 amide bonds. The summed E-state index contributed by atoms with van der Waals surface area (Å²) in [5.74, 6) is 0. The Labute approximate surface area is 166 Å². The van der Waals surface area contributed by atoms with Gasteiger partial charge in [-0.3, -0.25) is 4.90 Å². The summed E-state index contributed by atoms with van der Waals surface area (Å²) in [6.07, 6.45) is 8.62. The van der Waals surface area contributed by atoms with Gasteiger partial charge in [0.2, 0.25) is 0 Å². The van der Waals surface area contributed by atoms with Crippen molar-refractivity contribution in [3.8, 4) is 11.1 Å². The molecule has 6 nitrogen and oxygen atoms in total. The molecule has 2 aromatic heterocycles. The normalized spacial score (nSPS) is 19.4. The van der Waals surface area contributed by atoms with Crippen molar-refractivity contribution in [1.82, 2.24) is 24.8 Å². The van der Waals surface area contributed by atoms with Crippen LogP contribution in [-0.2, 0) is 0 Å². The van der Waals surface area contributed by atoms with Crippen molar-refractivity contribution in [2.75, 3.05) is 44.2 Å². The van der Waals surface area contributed by atoms with Crippen molar-refractivity contribution in [1.29, 1.82) is 0 Å². The van der Waals surface area contributed by atoms with Crippen molar-refractivity contribution < 1.29 is 0 Å². The zero-order valence-electron chi connectivity index (χ0n) is 16.5. The van der Waals surface area contributed by atoms with Gasteiger partial charge >= 0.3 is 0 Å². The summed E-state index contributed by atoms with van der Waals surface area (Å²) >= 11 is 0. The number of aromatic nitrogens is 3. The maximum Gasteiger partial charge on any atom is 0.162 e. The number of nitrogens with one attached hydrogen (secondary N) is 1. The van der Waals surface area contributed by atoms with Crippen LogP contribution in [-0.4, -0.2) is 64.8 Å². The van der Waals surface area contributed by atoms with E-state index in [1.54, 1.807) is 0 Å². The largest absolute Gasteiger partial charge is 0.366 e. The highest BCUT2D eigenvalue weighted by Gasteiger charge is 2.25.